The third-order valence-electron chi connectivity index (χ3n) is 3.97. The van der Waals surface area contributed by atoms with E-state index in [0.29, 0.717) is 0 Å². The van der Waals surface area contributed by atoms with E-state index in [4.69, 9.17) is 5.73 Å². The fourth-order valence-corrected chi connectivity index (χ4v) is 3.72. The van der Waals surface area contributed by atoms with E-state index in [1.807, 2.05) is 0 Å². The molecule has 0 saturated heterocycles. The number of thiophene rings is 1. The second-order valence-corrected chi connectivity index (χ2v) is 6.11. The summed E-state index contributed by atoms with van der Waals surface area (Å²) in [7, 11) is 0. The smallest absolute Gasteiger partial charge is 0.0453 e. The van der Waals surface area contributed by atoms with Crippen molar-refractivity contribution in [3.05, 3.63) is 57.8 Å². The van der Waals surface area contributed by atoms with Gasteiger partial charge in [0.2, 0.25) is 0 Å². The Labute approximate surface area is 113 Å². The highest BCUT2D eigenvalue weighted by Crippen LogP contribution is 2.35. The molecule has 1 aromatic heterocycles. The third-order valence-corrected chi connectivity index (χ3v) is 4.70. The van der Waals surface area contributed by atoms with Gasteiger partial charge in [-0.2, -0.15) is 11.3 Å². The van der Waals surface area contributed by atoms with Gasteiger partial charge in [-0.3, -0.25) is 0 Å². The Hall–Kier alpha value is -1.12. The first-order valence-electron chi connectivity index (χ1n) is 6.66. The standard InChI is InChI=1S/C16H19NS/c17-16(11-13-8-10-18-12-13)9-4-3-6-14-5-1-2-7-15(14)16/h1-2,5,7-8,10,12H,3-4,6,9,11,17H2. The van der Waals surface area contributed by atoms with Gasteiger partial charge in [-0.1, -0.05) is 30.7 Å². The van der Waals surface area contributed by atoms with Crippen molar-refractivity contribution >= 4 is 11.3 Å². The summed E-state index contributed by atoms with van der Waals surface area (Å²) in [6.45, 7) is 0. The Morgan fingerprint density at radius 3 is 2.89 bits per heavy atom. The van der Waals surface area contributed by atoms with Crippen molar-refractivity contribution < 1.29 is 0 Å². The lowest BCUT2D eigenvalue weighted by Crippen LogP contribution is -2.39. The van der Waals surface area contributed by atoms with E-state index in [0.717, 1.165) is 12.8 Å². The molecule has 0 bridgehead atoms. The number of hydrogen-bond donors (Lipinski definition) is 1. The van der Waals surface area contributed by atoms with Crippen molar-refractivity contribution in [3.63, 3.8) is 0 Å². The third kappa shape index (κ3) is 2.23. The number of benzene rings is 1. The molecule has 1 nitrogen and oxygen atoms in total. The number of fused-ring (bicyclic) bond motifs is 1. The second kappa shape index (κ2) is 4.87. The van der Waals surface area contributed by atoms with Gasteiger partial charge in [-0.05, 0) is 59.2 Å². The van der Waals surface area contributed by atoms with Gasteiger partial charge in [0.15, 0.2) is 0 Å². The van der Waals surface area contributed by atoms with Crippen LogP contribution in [0.4, 0.5) is 0 Å². The molecule has 1 atom stereocenters. The van der Waals surface area contributed by atoms with Crippen LogP contribution in [0.3, 0.4) is 0 Å². The number of aryl methyl sites for hydroxylation is 1. The minimum absolute atomic E-state index is 0.172. The number of hydrogen-bond acceptors (Lipinski definition) is 2. The molecule has 0 aliphatic heterocycles. The van der Waals surface area contributed by atoms with Gasteiger partial charge in [0, 0.05) is 5.54 Å². The highest BCUT2D eigenvalue weighted by atomic mass is 32.1. The highest BCUT2D eigenvalue weighted by Gasteiger charge is 2.31. The van der Waals surface area contributed by atoms with E-state index in [-0.39, 0.29) is 5.54 Å². The summed E-state index contributed by atoms with van der Waals surface area (Å²) in [5.41, 5.74) is 10.8. The average molecular weight is 257 g/mol. The van der Waals surface area contributed by atoms with E-state index in [2.05, 4.69) is 41.1 Å². The Bertz CT molecular complexity index is 518. The van der Waals surface area contributed by atoms with Gasteiger partial charge >= 0.3 is 0 Å². The van der Waals surface area contributed by atoms with Gasteiger partial charge in [-0.15, -0.1) is 0 Å². The SMILES string of the molecule is NC1(Cc2ccsc2)CCCCc2ccccc21. The molecule has 0 radical (unpaired) electrons. The van der Waals surface area contributed by atoms with Crippen LogP contribution in [0.15, 0.2) is 41.1 Å². The first-order chi connectivity index (χ1) is 8.78. The molecule has 1 heterocycles. The Morgan fingerprint density at radius 1 is 1.17 bits per heavy atom. The zero-order valence-electron chi connectivity index (χ0n) is 10.6. The second-order valence-electron chi connectivity index (χ2n) is 5.33. The molecule has 1 aliphatic rings. The molecule has 2 heteroatoms. The Kier molecular flexibility index (Phi) is 3.23. The zero-order valence-corrected chi connectivity index (χ0v) is 11.4. The summed E-state index contributed by atoms with van der Waals surface area (Å²) < 4.78 is 0. The lowest BCUT2D eigenvalue weighted by molar-refractivity contribution is 0.399. The summed E-state index contributed by atoms with van der Waals surface area (Å²) in [6, 6.07) is 10.9. The number of rotatable bonds is 2. The molecule has 94 valence electrons. The van der Waals surface area contributed by atoms with E-state index < -0.39 is 0 Å². The van der Waals surface area contributed by atoms with Crippen LogP contribution >= 0.6 is 11.3 Å². The first-order valence-corrected chi connectivity index (χ1v) is 7.61. The zero-order chi connectivity index (χ0) is 12.4. The van der Waals surface area contributed by atoms with Gasteiger partial charge in [0.1, 0.15) is 0 Å². The molecule has 0 fully saturated rings. The lowest BCUT2D eigenvalue weighted by Gasteiger charge is -2.30. The van der Waals surface area contributed by atoms with Crippen LogP contribution in [0.5, 0.6) is 0 Å². The van der Waals surface area contributed by atoms with E-state index in [1.165, 1.54) is 36.0 Å². The molecule has 0 amide bonds. The largest absolute Gasteiger partial charge is 0.321 e. The van der Waals surface area contributed by atoms with E-state index >= 15 is 0 Å². The van der Waals surface area contributed by atoms with Crippen LogP contribution in [0.2, 0.25) is 0 Å². The first kappa shape index (κ1) is 11.9. The lowest BCUT2D eigenvalue weighted by atomic mass is 9.81. The maximum Gasteiger partial charge on any atom is 0.0453 e. The molecule has 3 rings (SSSR count). The monoisotopic (exact) mass is 257 g/mol. The van der Waals surface area contributed by atoms with Gasteiger partial charge < -0.3 is 5.73 Å². The van der Waals surface area contributed by atoms with Crippen LogP contribution in [-0.2, 0) is 18.4 Å². The highest BCUT2D eigenvalue weighted by molar-refractivity contribution is 7.07. The predicted octanol–water partition coefficient (Wildman–Crippen LogP) is 3.87. The molecule has 1 aromatic carbocycles. The molecule has 0 saturated carbocycles. The van der Waals surface area contributed by atoms with Crippen molar-refractivity contribution in [2.75, 3.05) is 0 Å². The molecule has 1 unspecified atom stereocenters. The van der Waals surface area contributed by atoms with Crippen molar-refractivity contribution in [3.8, 4) is 0 Å². The van der Waals surface area contributed by atoms with Crippen molar-refractivity contribution in [2.45, 2.75) is 37.6 Å². The topological polar surface area (TPSA) is 26.0 Å². The fraction of sp³-hybridized carbons (Fsp3) is 0.375. The summed E-state index contributed by atoms with van der Waals surface area (Å²) in [6.07, 6.45) is 5.74. The van der Waals surface area contributed by atoms with Gasteiger partial charge in [0.05, 0.1) is 0 Å². The summed E-state index contributed by atoms with van der Waals surface area (Å²) in [5, 5.41) is 4.36. The Morgan fingerprint density at radius 2 is 2.06 bits per heavy atom. The minimum Gasteiger partial charge on any atom is -0.321 e. The van der Waals surface area contributed by atoms with Crippen molar-refractivity contribution in [1.29, 1.82) is 0 Å². The Balaban J connectivity index is 1.99. The minimum atomic E-state index is -0.172. The van der Waals surface area contributed by atoms with Crippen molar-refractivity contribution in [2.24, 2.45) is 5.73 Å². The predicted molar refractivity (Wildman–Crippen MR) is 77.9 cm³/mol. The molecule has 18 heavy (non-hydrogen) atoms. The molecular weight excluding hydrogens is 238 g/mol. The van der Waals surface area contributed by atoms with Crippen molar-refractivity contribution in [1.82, 2.24) is 0 Å². The van der Waals surface area contributed by atoms with E-state index in [1.54, 1.807) is 11.3 Å². The normalized spacial score (nSPS) is 23.4. The quantitative estimate of drug-likeness (QED) is 0.812. The maximum atomic E-state index is 6.77. The molecule has 2 aromatic rings. The summed E-state index contributed by atoms with van der Waals surface area (Å²) >= 11 is 1.76. The average Bonchev–Trinajstić information content (AvgIpc) is 2.82. The van der Waals surface area contributed by atoms with Gasteiger partial charge in [-0.25, -0.2) is 0 Å². The van der Waals surface area contributed by atoms with Crippen LogP contribution in [-0.4, -0.2) is 0 Å². The molecule has 2 N–H and O–H groups in total. The molecule has 0 spiro atoms. The van der Waals surface area contributed by atoms with Crippen LogP contribution < -0.4 is 5.73 Å². The fourth-order valence-electron chi connectivity index (χ4n) is 3.06. The molecular formula is C16H19NS. The van der Waals surface area contributed by atoms with Gasteiger partial charge in [0.25, 0.3) is 0 Å². The van der Waals surface area contributed by atoms with Crippen LogP contribution in [0, 0.1) is 0 Å². The van der Waals surface area contributed by atoms with Crippen LogP contribution in [0.1, 0.15) is 36.0 Å². The van der Waals surface area contributed by atoms with E-state index in [9.17, 15) is 0 Å². The summed E-state index contributed by atoms with van der Waals surface area (Å²) in [4.78, 5) is 0. The van der Waals surface area contributed by atoms with Crippen LogP contribution in [0.25, 0.3) is 0 Å². The summed E-state index contributed by atoms with van der Waals surface area (Å²) in [5.74, 6) is 0. The maximum absolute atomic E-state index is 6.77. The number of nitrogens with two attached hydrogens (primary N) is 1. The molecule has 1 aliphatic carbocycles.